The van der Waals surface area contributed by atoms with Gasteiger partial charge in [-0.05, 0) is 6.07 Å². The van der Waals surface area contributed by atoms with Gasteiger partial charge in [0.15, 0.2) is 6.29 Å². The molecule has 1 aromatic heterocycles. The normalized spacial score (nSPS) is 9.41. The summed E-state index contributed by atoms with van der Waals surface area (Å²) in [5.74, 6) is 0. The third-order valence-corrected chi connectivity index (χ3v) is 2.41. The lowest BCUT2D eigenvalue weighted by Gasteiger charge is -1.86. The predicted octanol–water partition coefficient (Wildman–Crippen LogP) is 3.67. The average molecular weight is 223 g/mol. The van der Waals surface area contributed by atoms with Crippen molar-refractivity contribution in [3.8, 4) is 0 Å². The van der Waals surface area contributed by atoms with Crippen molar-refractivity contribution in [2.45, 2.75) is 0 Å². The number of hydrogen-bond donors (Lipinski definition) is 1. The standard InChI is InChI=1S/C9H7NO.C6H6/c11-6-7-5-10-9-4-2-1-3-8(7)9;1-2-4-6-5-3-1/h1-6,10H;1-6H. The summed E-state index contributed by atoms with van der Waals surface area (Å²) in [5.41, 5.74) is 1.73. The van der Waals surface area contributed by atoms with Crippen molar-refractivity contribution in [2.75, 3.05) is 0 Å². The van der Waals surface area contributed by atoms with Crippen LogP contribution in [0.2, 0.25) is 0 Å². The maximum absolute atomic E-state index is 10.5. The van der Waals surface area contributed by atoms with E-state index >= 15 is 0 Å². The SMILES string of the molecule is O=Cc1c[nH]c2ccccc12.c1ccccc1. The fraction of sp³-hybridized carbons (Fsp3) is 0. The molecule has 0 saturated heterocycles. The lowest BCUT2D eigenvalue weighted by Crippen LogP contribution is -1.72. The smallest absolute Gasteiger partial charge is 0.152 e. The summed E-state index contributed by atoms with van der Waals surface area (Å²) in [4.78, 5) is 13.5. The summed E-state index contributed by atoms with van der Waals surface area (Å²) < 4.78 is 0. The van der Waals surface area contributed by atoms with E-state index in [4.69, 9.17) is 0 Å². The molecule has 0 aliphatic rings. The second-order valence-electron chi connectivity index (χ2n) is 3.56. The first-order chi connectivity index (χ1) is 8.42. The van der Waals surface area contributed by atoms with Crippen molar-refractivity contribution in [1.29, 1.82) is 0 Å². The summed E-state index contributed by atoms with van der Waals surface area (Å²) in [6.07, 6.45) is 2.58. The zero-order valence-electron chi connectivity index (χ0n) is 9.34. The molecule has 0 saturated carbocycles. The van der Waals surface area contributed by atoms with Gasteiger partial charge in [-0.25, -0.2) is 0 Å². The van der Waals surface area contributed by atoms with E-state index in [0.29, 0.717) is 0 Å². The van der Waals surface area contributed by atoms with Crippen LogP contribution < -0.4 is 0 Å². The monoisotopic (exact) mass is 223 g/mol. The van der Waals surface area contributed by atoms with Gasteiger partial charge >= 0.3 is 0 Å². The highest BCUT2D eigenvalue weighted by Gasteiger charge is 1.98. The minimum atomic E-state index is 0.723. The molecular formula is C15H13NO. The van der Waals surface area contributed by atoms with Crippen molar-refractivity contribution in [2.24, 2.45) is 0 Å². The summed E-state index contributed by atoms with van der Waals surface area (Å²) >= 11 is 0. The van der Waals surface area contributed by atoms with Crippen LogP contribution in [-0.2, 0) is 0 Å². The van der Waals surface area contributed by atoms with Crippen molar-refractivity contribution >= 4 is 17.2 Å². The molecular weight excluding hydrogens is 210 g/mol. The Balaban J connectivity index is 0.000000153. The molecule has 0 bridgehead atoms. The zero-order valence-corrected chi connectivity index (χ0v) is 9.34. The van der Waals surface area contributed by atoms with Crippen LogP contribution in [0.1, 0.15) is 10.4 Å². The van der Waals surface area contributed by atoms with Gasteiger partial charge in [-0.1, -0.05) is 54.6 Å². The van der Waals surface area contributed by atoms with Crippen LogP contribution in [0.3, 0.4) is 0 Å². The van der Waals surface area contributed by atoms with Crippen LogP contribution in [0.15, 0.2) is 66.9 Å². The molecule has 84 valence electrons. The number of fused-ring (bicyclic) bond motifs is 1. The van der Waals surface area contributed by atoms with Gasteiger partial charge in [-0.15, -0.1) is 0 Å². The topological polar surface area (TPSA) is 32.9 Å². The number of carbonyl (C=O) groups is 1. The van der Waals surface area contributed by atoms with Crippen LogP contribution in [0, 0.1) is 0 Å². The highest BCUT2D eigenvalue weighted by atomic mass is 16.1. The number of aromatic nitrogens is 1. The van der Waals surface area contributed by atoms with E-state index in [0.717, 1.165) is 22.8 Å². The summed E-state index contributed by atoms with van der Waals surface area (Å²) in [5, 5.41) is 0.988. The molecule has 0 amide bonds. The largest absolute Gasteiger partial charge is 0.360 e. The molecule has 0 fully saturated rings. The highest BCUT2D eigenvalue weighted by Crippen LogP contribution is 2.14. The molecule has 2 heteroatoms. The minimum absolute atomic E-state index is 0.723. The fourth-order valence-electron chi connectivity index (χ4n) is 1.58. The molecule has 17 heavy (non-hydrogen) atoms. The summed E-state index contributed by atoms with van der Waals surface area (Å²) in [7, 11) is 0. The van der Waals surface area contributed by atoms with E-state index in [1.807, 2.05) is 60.7 Å². The third-order valence-electron chi connectivity index (χ3n) is 2.41. The second kappa shape index (κ2) is 5.66. The number of hydrogen-bond acceptors (Lipinski definition) is 1. The van der Waals surface area contributed by atoms with Gasteiger partial charge in [-0.2, -0.15) is 0 Å². The van der Waals surface area contributed by atoms with E-state index in [9.17, 15) is 4.79 Å². The first kappa shape index (κ1) is 11.1. The van der Waals surface area contributed by atoms with Gasteiger partial charge < -0.3 is 4.98 Å². The maximum atomic E-state index is 10.5. The molecule has 0 atom stereocenters. The molecule has 0 unspecified atom stereocenters. The van der Waals surface area contributed by atoms with Gasteiger partial charge in [-0.3, -0.25) is 4.79 Å². The number of aldehydes is 1. The lowest BCUT2D eigenvalue weighted by molar-refractivity contribution is 0.112. The molecule has 0 radical (unpaired) electrons. The molecule has 1 heterocycles. The number of aromatic amines is 1. The number of benzene rings is 2. The second-order valence-corrected chi connectivity index (χ2v) is 3.56. The Hall–Kier alpha value is -2.35. The van der Waals surface area contributed by atoms with E-state index in [1.165, 1.54) is 0 Å². The van der Waals surface area contributed by atoms with Crippen LogP contribution in [0.5, 0.6) is 0 Å². The lowest BCUT2D eigenvalue weighted by atomic mass is 10.2. The Morgan fingerprint density at radius 2 is 1.41 bits per heavy atom. The number of para-hydroxylation sites is 1. The van der Waals surface area contributed by atoms with Crippen LogP contribution >= 0.6 is 0 Å². The summed E-state index contributed by atoms with van der Waals surface area (Å²) in [6, 6.07) is 19.7. The van der Waals surface area contributed by atoms with Crippen LogP contribution in [0.25, 0.3) is 10.9 Å². The number of H-pyrrole nitrogens is 1. The predicted molar refractivity (Wildman–Crippen MR) is 70.1 cm³/mol. The molecule has 3 rings (SSSR count). The Labute approximate surface area is 99.9 Å². The highest BCUT2D eigenvalue weighted by molar-refractivity contribution is 5.96. The van der Waals surface area contributed by atoms with E-state index in [-0.39, 0.29) is 0 Å². The van der Waals surface area contributed by atoms with E-state index < -0.39 is 0 Å². The molecule has 0 spiro atoms. The molecule has 2 aromatic carbocycles. The number of rotatable bonds is 1. The van der Waals surface area contributed by atoms with Crippen molar-refractivity contribution in [3.63, 3.8) is 0 Å². The van der Waals surface area contributed by atoms with Gasteiger partial charge in [0.1, 0.15) is 0 Å². The molecule has 0 aliphatic carbocycles. The minimum Gasteiger partial charge on any atom is -0.360 e. The fourth-order valence-corrected chi connectivity index (χ4v) is 1.58. The van der Waals surface area contributed by atoms with E-state index in [1.54, 1.807) is 6.20 Å². The third kappa shape index (κ3) is 2.82. The molecule has 0 aliphatic heterocycles. The summed E-state index contributed by atoms with van der Waals surface area (Å²) in [6.45, 7) is 0. The average Bonchev–Trinajstić information content (AvgIpc) is 2.84. The Kier molecular flexibility index (Phi) is 3.71. The number of nitrogens with one attached hydrogen (secondary N) is 1. The molecule has 2 nitrogen and oxygen atoms in total. The van der Waals surface area contributed by atoms with E-state index in [2.05, 4.69) is 4.98 Å². The van der Waals surface area contributed by atoms with Crippen molar-refractivity contribution in [1.82, 2.24) is 4.98 Å². The first-order valence-electron chi connectivity index (χ1n) is 5.43. The Morgan fingerprint density at radius 1 is 0.824 bits per heavy atom. The van der Waals surface area contributed by atoms with Gasteiger partial charge in [0.25, 0.3) is 0 Å². The van der Waals surface area contributed by atoms with Gasteiger partial charge in [0, 0.05) is 22.7 Å². The van der Waals surface area contributed by atoms with Gasteiger partial charge in [0.05, 0.1) is 0 Å². The quantitative estimate of drug-likeness (QED) is 0.627. The van der Waals surface area contributed by atoms with Crippen LogP contribution in [-0.4, -0.2) is 11.3 Å². The zero-order chi connectivity index (χ0) is 11.9. The Bertz CT molecular complexity index is 557. The van der Waals surface area contributed by atoms with Gasteiger partial charge in [0.2, 0.25) is 0 Å². The molecule has 1 N–H and O–H groups in total. The molecule has 3 aromatic rings. The number of carbonyl (C=O) groups excluding carboxylic acids is 1. The maximum Gasteiger partial charge on any atom is 0.152 e. The van der Waals surface area contributed by atoms with Crippen molar-refractivity contribution in [3.05, 3.63) is 72.4 Å². The van der Waals surface area contributed by atoms with Crippen LogP contribution in [0.4, 0.5) is 0 Å². The Morgan fingerprint density at radius 3 is 2.00 bits per heavy atom. The van der Waals surface area contributed by atoms with Crippen molar-refractivity contribution < 1.29 is 4.79 Å². The first-order valence-corrected chi connectivity index (χ1v) is 5.43.